The normalized spacial score (nSPS) is 10.6. The van der Waals surface area contributed by atoms with Crippen molar-refractivity contribution < 1.29 is 0 Å². The molecule has 0 aliphatic carbocycles. The first-order valence-corrected chi connectivity index (χ1v) is 6.72. The number of rotatable bonds is 3. The molecule has 2 rings (SSSR count). The van der Waals surface area contributed by atoms with Gasteiger partial charge in [-0.05, 0) is 27.4 Å². The molecule has 96 valence electrons. The Kier molecular flexibility index (Phi) is 3.58. The Balaban J connectivity index is 2.31. The molecular weight excluding hydrogens is 320 g/mol. The number of hydrogen-bond donors (Lipinski definition) is 3. The highest BCUT2D eigenvalue weighted by atomic mass is 79.9. The highest BCUT2D eigenvalue weighted by Gasteiger charge is 2.10. The number of aromatic nitrogens is 2. The molecule has 4 N–H and O–H groups in total. The van der Waals surface area contributed by atoms with E-state index in [0.29, 0.717) is 6.54 Å². The smallest absolute Gasteiger partial charge is 0.329 e. The van der Waals surface area contributed by atoms with Crippen LogP contribution in [0.5, 0.6) is 0 Å². The zero-order chi connectivity index (χ0) is 13.3. The second-order valence-electron chi connectivity index (χ2n) is 3.62. The van der Waals surface area contributed by atoms with E-state index in [9.17, 15) is 9.59 Å². The molecule has 0 fully saturated rings. The van der Waals surface area contributed by atoms with Crippen LogP contribution in [0.25, 0.3) is 0 Å². The molecule has 0 aliphatic heterocycles. The minimum atomic E-state index is -0.527. The Bertz CT molecular complexity index is 688. The number of anilines is 2. The number of nitrogens with two attached hydrogens (primary N) is 1. The number of hydrogen-bond acceptors (Lipinski definition) is 5. The number of aromatic amines is 1. The average molecular weight is 331 g/mol. The third-order valence-electron chi connectivity index (χ3n) is 2.49. The first kappa shape index (κ1) is 12.9. The quantitative estimate of drug-likeness (QED) is 0.785. The highest BCUT2D eigenvalue weighted by molar-refractivity contribution is 9.10. The van der Waals surface area contributed by atoms with Gasteiger partial charge in [-0.15, -0.1) is 11.3 Å². The fourth-order valence-electron chi connectivity index (χ4n) is 1.43. The van der Waals surface area contributed by atoms with Gasteiger partial charge in [0, 0.05) is 16.4 Å². The van der Waals surface area contributed by atoms with Crippen molar-refractivity contribution in [2.75, 3.05) is 11.1 Å². The van der Waals surface area contributed by atoms with Crippen LogP contribution in [0.2, 0.25) is 0 Å². The van der Waals surface area contributed by atoms with Crippen molar-refractivity contribution in [2.24, 2.45) is 7.05 Å². The largest absolute Gasteiger partial charge is 0.383 e. The van der Waals surface area contributed by atoms with E-state index in [4.69, 9.17) is 5.73 Å². The molecule has 2 aromatic rings. The monoisotopic (exact) mass is 330 g/mol. The van der Waals surface area contributed by atoms with E-state index in [1.54, 1.807) is 11.3 Å². The lowest BCUT2D eigenvalue weighted by atomic mass is 10.4. The molecule has 0 atom stereocenters. The van der Waals surface area contributed by atoms with Crippen molar-refractivity contribution in [2.45, 2.75) is 6.54 Å². The summed E-state index contributed by atoms with van der Waals surface area (Å²) >= 11 is 4.96. The lowest BCUT2D eigenvalue weighted by Gasteiger charge is -2.10. The van der Waals surface area contributed by atoms with Crippen molar-refractivity contribution in [3.05, 3.63) is 41.6 Å². The molecule has 0 radical (unpaired) electrons. The van der Waals surface area contributed by atoms with Crippen LogP contribution in [0.15, 0.2) is 25.5 Å². The summed E-state index contributed by atoms with van der Waals surface area (Å²) in [6, 6.07) is 1.93. The summed E-state index contributed by atoms with van der Waals surface area (Å²) in [4.78, 5) is 26.2. The van der Waals surface area contributed by atoms with Gasteiger partial charge in [0.05, 0.1) is 6.54 Å². The van der Waals surface area contributed by atoms with E-state index in [2.05, 4.69) is 26.2 Å². The Labute approximate surface area is 115 Å². The van der Waals surface area contributed by atoms with Gasteiger partial charge < -0.3 is 11.1 Å². The summed E-state index contributed by atoms with van der Waals surface area (Å²) < 4.78 is 2.16. The molecule has 0 spiro atoms. The second kappa shape index (κ2) is 4.99. The van der Waals surface area contributed by atoms with E-state index in [-0.39, 0.29) is 11.5 Å². The van der Waals surface area contributed by atoms with Gasteiger partial charge in [-0.3, -0.25) is 14.3 Å². The zero-order valence-electron chi connectivity index (χ0n) is 9.49. The molecule has 0 unspecified atom stereocenters. The zero-order valence-corrected chi connectivity index (χ0v) is 11.9. The van der Waals surface area contributed by atoms with Crippen molar-refractivity contribution in [1.82, 2.24) is 9.55 Å². The van der Waals surface area contributed by atoms with E-state index in [0.717, 1.165) is 9.35 Å². The van der Waals surface area contributed by atoms with Crippen LogP contribution in [-0.2, 0) is 13.6 Å². The molecule has 0 aromatic carbocycles. The van der Waals surface area contributed by atoms with Gasteiger partial charge in [0.25, 0.3) is 5.56 Å². The fraction of sp³-hybridized carbons (Fsp3) is 0.200. The third-order valence-corrected chi connectivity index (χ3v) is 4.41. The molecule has 0 amide bonds. The summed E-state index contributed by atoms with van der Waals surface area (Å²) in [7, 11) is 1.50. The predicted molar refractivity (Wildman–Crippen MR) is 76.1 cm³/mol. The number of thiophene rings is 1. The molecule has 0 bridgehead atoms. The molecule has 2 aromatic heterocycles. The Hall–Kier alpha value is -1.54. The summed E-state index contributed by atoms with van der Waals surface area (Å²) in [5.74, 6) is 0.122. The Morgan fingerprint density at radius 2 is 2.28 bits per heavy atom. The van der Waals surface area contributed by atoms with Crippen molar-refractivity contribution >= 4 is 38.8 Å². The van der Waals surface area contributed by atoms with Crippen LogP contribution in [-0.4, -0.2) is 9.55 Å². The van der Waals surface area contributed by atoms with Gasteiger partial charge in [0.1, 0.15) is 11.5 Å². The molecule has 0 saturated carbocycles. The summed E-state index contributed by atoms with van der Waals surface area (Å²) in [6.07, 6.45) is 0. The third kappa shape index (κ3) is 2.34. The second-order valence-corrected chi connectivity index (χ2v) is 5.48. The van der Waals surface area contributed by atoms with Crippen LogP contribution in [0.4, 0.5) is 11.5 Å². The Morgan fingerprint density at radius 1 is 1.56 bits per heavy atom. The summed E-state index contributed by atoms with van der Waals surface area (Å²) in [5.41, 5.74) is 4.90. The maximum atomic E-state index is 11.6. The molecule has 18 heavy (non-hydrogen) atoms. The van der Waals surface area contributed by atoms with Gasteiger partial charge in [-0.1, -0.05) is 0 Å². The molecule has 2 heterocycles. The van der Waals surface area contributed by atoms with E-state index in [1.165, 1.54) is 11.6 Å². The van der Waals surface area contributed by atoms with Crippen molar-refractivity contribution in [3.63, 3.8) is 0 Å². The topological polar surface area (TPSA) is 92.9 Å². The maximum Gasteiger partial charge on any atom is 0.329 e. The van der Waals surface area contributed by atoms with E-state index < -0.39 is 11.2 Å². The lowest BCUT2D eigenvalue weighted by molar-refractivity contribution is 0.813. The van der Waals surface area contributed by atoms with Crippen LogP contribution >= 0.6 is 27.3 Å². The standard InChI is InChI=1S/C10H11BrN4O2S/c1-15-8(12)7(9(16)14-10(15)17)13-4-6-5(11)2-3-18-6/h2-3,13H,4,12H2,1H3,(H,14,16,17). The van der Waals surface area contributed by atoms with Crippen LogP contribution in [0.3, 0.4) is 0 Å². The molecule has 6 nitrogen and oxygen atoms in total. The van der Waals surface area contributed by atoms with Crippen LogP contribution in [0, 0.1) is 0 Å². The van der Waals surface area contributed by atoms with Crippen LogP contribution < -0.4 is 22.3 Å². The van der Waals surface area contributed by atoms with Gasteiger partial charge in [-0.2, -0.15) is 0 Å². The molecule has 8 heteroatoms. The number of halogens is 1. The molecule has 0 aliphatic rings. The first-order valence-electron chi connectivity index (χ1n) is 5.05. The fourth-order valence-corrected chi connectivity index (χ4v) is 2.86. The summed E-state index contributed by atoms with van der Waals surface area (Å²) in [5, 5.41) is 4.88. The number of nitrogens with one attached hydrogen (secondary N) is 2. The van der Waals surface area contributed by atoms with Gasteiger partial charge in [0.15, 0.2) is 0 Å². The number of nitrogens with zero attached hydrogens (tertiary/aromatic N) is 1. The van der Waals surface area contributed by atoms with E-state index >= 15 is 0 Å². The van der Waals surface area contributed by atoms with Crippen molar-refractivity contribution in [1.29, 1.82) is 0 Å². The molecule has 0 saturated heterocycles. The highest BCUT2D eigenvalue weighted by Crippen LogP contribution is 2.23. The SMILES string of the molecule is Cn1c(N)c(NCc2sccc2Br)c(=O)[nH]c1=O. The minimum absolute atomic E-state index is 0.122. The number of H-pyrrole nitrogens is 1. The van der Waals surface area contributed by atoms with Gasteiger partial charge >= 0.3 is 5.69 Å². The average Bonchev–Trinajstić information content (AvgIpc) is 2.72. The Morgan fingerprint density at radius 3 is 2.89 bits per heavy atom. The minimum Gasteiger partial charge on any atom is -0.383 e. The maximum absolute atomic E-state index is 11.6. The van der Waals surface area contributed by atoms with Gasteiger partial charge in [0.2, 0.25) is 0 Å². The van der Waals surface area contributed by atoms with E-state index in [1.807, 2.05) is 11.4 Å². The van der Waals surface area contributed by atoms with Gasteiger partial charge in [-0.25, -0.2) is 4.79 Å². The predicted octanol–water partition coefficient (Wildman–Crippen LogP) is 1.09. The molecular formula is C10H11BrN4O2S. The lowest BCUT2D eigenvalue weighted by Crippen LogP contribution is -2.32. The van der Waals surface area contributed by atoms with Crippen molar-refractivity contribution in [3.8, 4) is 0 Å². The first-order chi connectivity index (χ1) is 8.50. The summed E-state index contributed by atoms with van der Waals surface area (Å²) in [6.45, 7) is 0.462. The van der Waals surface area contributed by atoms with Crippen LogP contribution in [0.1, 0.15) is 4.88 Å². The number of nitrogen functional groups attached to an aromatic ring is 1.